The van der Waals surface area contributed by atoms with Gasteiger partial charge in [0.05, 0.1) is 4.92 Å². The summed E-state index contributed by atoms with van der Waals surface area (Å²) in [6.07, 6.45) is 0. The molecule has 0 saturated carbocycles. The standard InChI is InChI=1S/C16H9F2N3O5/c17-11-2-1-3-12(18)14(11)16(22)25-8-13-19-20-15(26-13)9-4-6-10(7-5-9)21(23)24/h1-7H,8H2. The Morgan fingerprint density at radius 1 is 1.12 bits per heavy atom. The number of hydrogen-bond donors (Lipinski definition) is 0. The molecule has 0 spiro atoms. The van der Waals surface area contributed by atoms with Crippen LogP contribution in [0.5, 0.6) is 0 Å². The molecule has 1 aromatic heterocycles. The van der Waals surface area contributed by atoms with E-state index in [1.807, 2.05) is 0 Å². The molecule has 3 aromatic rings. The van der Waals surface area contributed by atoms with Gasteiger partial charge in [0.2, 0.25) is 5.89 Å². The third kappa shape index (κ3) is 3.53. The number of hydrogen-bond acceptors (Lipinski definition) is 7. The molecule has 132 valence electrons. The van der Waals surface area contributed by atoms with Crippen LogP contribution in [0.15, 0.2) is 46.9 Å². The number of ether oxygens (including phenoxy) is 1. The molecule has 0 N–H and O–H groups in total. The van der Waals surface area contributed by atoms with E-state index in [0.717, 1.165) is 18.2 Å². The summed E-state index contributed by atoms with van der Waals surface area (Å²) in [5, 5.41) is 18.0. The van der Waals surface area contributed by atoms with Crippen LogP contribution in [0.1, 0.15) is 16.2 Å². The van der Waals surface area contributed by atoms with Crippen molar-refractivity contribution < 1.29 is 27.7 Å². The first-order valence-corrected chi connectivity index (χ1v) is 7.14. The molecule has 0 aliphatic carbocycles. The summed E-state index contributed by atoms with van der Waals surface area (Å²) in [4.78, 5) is 21.8. The molecule has 1 heterocycles. The molecule has 0 saturated heterocycles. The maximum atomic E-state index is 13.5. The van der Waals surface area contributed by atoms with Crippen molar-refractivity contribution in [2.24, 2.45) is 0 Å². The number of nitro benzene ring substituents is 1. The minimum absolute atomic E-state index is 0.0445. The molecule has 2 aromatic carbocycles. The molecule has 3 rings (SSSR count). The summed E-state index contributed by atoms with van der Waals surface area (Å²) in [5.74, 6) is -3.37. The van der Waals surface area contributed by atoms with Crippen molar-refractivity contribution in [2.75, 3.05) is 0 Å². The first kappa shape index (κ1) is 17.1. The number of aromatic nitrogens is 2. The highest BCUT2D eigenvalue weighted by atomic mass is 19.1. The molecule has 0 fully saturated rings. The molecule has 10 heteroatoms. The first-order chi connectivity index (χ1) is 12.5. The first-order valence-electron chi connectivity index (χ1n) is 7.14. The van der Waals surface area contributed by atoms with Crippen molar-refractivity contribution in [1.82, 2.24) is 10.2 Å². The van der Waals surface area contributed by atoms with Crippen LogP contribution in [0.25, 0.3) is 11.5 Å². The normalized spacial score (nSPS) is 10.5. The van der Waals surface area contributed by atoms with Crippen molar-refractivity contribution in [1.29, 1.82) is 0 Å². The van der Waals surface area contributed by atoms with Crippen molar-refractivity contribution in [3.8, 4) is 11.5 Å². The molecule has 0 radical (unpaired) electrons. The van der Waals surface area contributed by atoms with Gasteiger partial charge >= 0.3 is 5.97 Å². The fourth-order valence-corrected chi connectivity index (χ4v) is 2.05. The minimum Gasteiger partial charge on any atom is -0.452 e. The fourth-order valence-electron chi connectivity index (χ4n) is 2.05. The number of nitrogens with zero attached hydrogens (tertiary/aromatic N) is 3. The number of non-ortho nitro benzene ring substituents is 1. The van der Waals surface area contributed by atoms with Crippen LogP contribution in [0, 0.1) is 21.7 Å². The predicted molar refractivity (Wildman–Crippen MR) is 81.9 cm³/mol. The number of esters is 1. The van der Waals surface area contributed by atoms with Gasteiger partial charge in [-0.2, -0.15) is 0 Å². The van der Waals surface area contributed by atoms with E-state index in [0.29, 0.717) is 5.56 Å². The van der Waals surface area contributed by atoms with Crippen LogP contribution in [0.2, 0.25) is 0 Å². The van der Waals surface area contributed by atoms with E-state index in [-0.39, 0.29) is 17.5 Å². The van der Waals surface area contributed by atoms with Gasteiger partial charge in [-0.15, -0.1) is 10.2 Å². The van der Waals surface area contributed by atoms with E-state index in [1.165, 1.54) is 24.3 Å². The fraction of sp³-hybridized carbons (Fsp3) is 0.0625. The Balaban J connectivity index is 1.69. The molecular weight excluding hydrogens is 352 g/mol. The van der Waals surface area contributed by atoms with Gasteiger partial charge in [-0.25, -0.2) is 13.6 Å². The highest BCUT2D eigenvalue weighted by Crippen LogP contribution is 2.21. The van der Waals surface area contributed by atoms with Crippen molar-refractivity contribution >= 4 is 11.7 Å². The number of benzene rings is 2. The molecule has 8 nitrogen and oxygen atoms in total. The second-order valence-electron chi connectivity index (χ2n) is 4.98. The summed E-state index contributed by atoms with van der Waals surface area (Å²) in [5.41, 5.74) is -0.502. The third-order valence-electron chi connectivity index (χ3n) is 3.29. The minimum atomic E-state index is -1.21. The second kappa shape index (κ2) is 7.05. The summed E-state index contributed by atoms with van der Waals surface area (Å²) in [7, 11) is 0. The molecule has 0 atom stereocenters. The van der Waals surface area contributed by atoms with Gasteiger partial charge in [-0.3, -0.25) is 10.1 Å². The van der Waals surface area contributed by atoms with Gasteiger partial charge in [0.25, 0.3) is 11.6 Å². The number of nitro groups is 1. The Bertz CT molecular complexity index is 952. The van der Waals surface area contributed by atoms with Gasteiger partial charge in [0.1, 0.15) is 17.2 Å². The van der Waals surface area contributed by atoms with Gasteiger partial charge < -0.3 is 9.15 Å². The summed E-state index contributed by atoms with van der Waals surface area (Å²) < 4.78 is 37.0. The Morgan fingerprint density at radius 3 is 2.38 bits per heavy atom. The SMILES string of the molecule is O=C(OCc1nnc(-c2ccc([N+](=O)[O-])cc2)o1)c1c(F)cccc1F. The highest BCUT2D eigenvalue weighted by molar-refractivity contribution is 5.89. The zero-order valence-corrected chi connectivity index (χ0v) is 12.9. The molecule has 0 aliphatic rings. The van der Waals surface area contributed by atoms with Gasteiger partial charge in [-0.05, 0) is 24.3 Å². The molecule has 0 amide bonds. The van der Waals surface area contributed by atoms with Crippen molar-refractivity contribution in [3.05, 3.63) is 75.7 Å². The quantitative estimate of drug-likeness (QED) is 0.390. The van der Waals surface area contributed by atoms with E-state index >= 15 is 0 Å². The molecule has 0 aliphatic heterocycles. The summed E-state index contributed by atoms with van der Waals surface area (Å²) in [6, 6.07) is 8.33. The zero-order chi connectivity index (χ0) is 18.7. The Hall–Kier alpha value is -3.69. The Kier molecular flexibility index (Phi) is 4.65. The highest BCUT2D eigenvalue weighted by Gasteiger charge is 2.20. The lowest BCUT2D eigenvalue weighted by molar-refractivity contribution is -0.384. The average Bonchev–Trinajstić information content (AvgIpc) is 3.09. The van der Waals surface area contributed by atoms with Gasteiger partial charge in [0.15, 0.2) is 6.61 Å². The van der Waals surface area contributed by atoms with Crippen molar-refractivity contribution in [2.45, 2.75) is 6.61 Å². The van der Waals surface area contributed by atoms with Gasteiger partial charge in [0, 0.05) is 17.7 Å². The van der Waals surface area contributed by atoms with Crippen LogP contribution < -0.4 is 0 Å². The Labute approximate surface area is 144 Å². The van der Waals surface area contributed by atoms with E-state index < -0.39 is 34.7 Å². The second-order valence-corrected chi connectivity index (χ2v) is 4.98. The van der Waals surface area contributed by atoms with E-state index in [2.05, 4.69) is 10.2 Å². The number of rotatable bonds is 5. The molecular formula is C16H9F2N3O5. The van der Waals surface area contributed by atoms with E-state index in [1.54, 1.807) is 0 Å². The molecule has 26 heavy (non-hydrogen) atoms. The molecule has 0 unspecified atom stereocenters. The smallest absolute Gasteiger partial charge is 0.344 e. The van der Waals surface area contributed by atoms with Crippen LogP contribution in [0.3, 0.4) is 0 Å². The summed E-state index contributed by atoms with van der Waals surface area (Å²) in [6.45, 7) is -0.493. The van der Waals surface area contributed by atoms with Gasteiger partial charge in [-0.1, -0.05) is 6.07 Å². The lowest BCUT2D eigenvalue weighted by Gasteiger charge is -2.04. The zero-order valence-electron chi connectivity index (χ0n) is 12.9. The van der Waals surface area contributed by atoms with Crippen LogP contribution in [-0.4, -0.2) is 21.1 Å². The third-order valence-corrected chi connectivity index (χ3v) is 3.29. The van der Waals surface area contributed by atoms with Crippen LogP contribution in [-0.2, 0) is 11.3 Å². The van der Waals surface area contributed by atoms with Crippen LogP contribution >= 0.6 is 0 Å². The van der Waals surface area contributed by atoms with E-state index in [9.17, 15) is 23.7 Å². The number of carbonyl (C=O) groups excluding carboxylic acids is 1. The maximum absolute atomic E-state index is 13.5. The lowest BCUT2D eigenvalue weighted by Crippen LogP contribution is -2.10. The summed E-state index contributed by atoms with van der Waals surface area (Å²) >= 11 is 0. The lowest BCUT2D eigenvalue weighted by atomic mass is 10.2. The van der Waals surface area contributed by atoms with Crippen molar-refractivity contribution in [3.63, 3.8) is 0 Å². The monoisotopic (exact) mass is 361 g/mol. The number of carbonyl (C=O) groups is 1. The molecule has 0 bridgehead atoms. The van der Waals surface area contributed by atoms with Crippen LogP contribution in [0.4, 0.5) is 14.5 Å². The topological polar surface area (TPSA) is 108 Å². The largest absolute Gasteiger partial charge is 0.452 e. The predicted octanol–water partition coefficient (Wildman–Crippen LogP) is 3.28. The average molecular weight is 361 g/mol. The number of halogens is 2. The Morgan fingerprint density at radius 2 is 1.77 bits per heavy atom. The maximum Gasteiger partial charge on any atom is 0.344 e. The van der Waals surface area contributed by atoms with E-state index in [4.69, 9.17) is 9.15 Å².